The zero-order valence-corrected chi connectivity index (χ0v) is 16.9. The van der Waals surface area contributed by atoms with E-state index in [0.29, 0.717) is 0 Å². The van der Waals surface area contributed by atoms with Gasteiger partial charge in [-0.25, -0.2) is 0 Å². The normalized spacial score (nSPS) is 11.3. The molecule has 0 aromatic heterocycles. The zero-order valence-electron chi connectivity index (χ0n) is 15.9. The van der Waals surface area contributed by atoms with Crippen LogP contribution in [0.5, 0.6) is 0 Å². The molecule has 0 saturated carbocycles. The summed E-state index contributed by atoms with van der Waals surface area (Å²) in [6.45, 7) is 4.41. The highest BCUT2D eigenvalue weighted by molar-refractivity contribution is 7.19. The first-order chi connectivity index (χ1) is 13.2. The maximum Gasteiger partial charge on any atom is 0.179 e. The first-order valence-electron chi connectivity index (χ1n) is 9.46. The van der Waals surface area contributed by atoms with Crippen molar-refractivity contribution >= 4 is 28.8 Å². The molecule has 0 aliphatic carbocycles. The molecule has 0 unspecified atom stereocenters. The zero-order chi connectivity index (χ0) is 18.7. The van der Waals surface area contributed by atoms with E-state index in [1.165, 1.54) is 31.9 Å². The SMILES string of the molecule is Cc1cc(C)cc([Si](c2ccccc2)(c2ccccc2)c2ccccc2)c1. The molecule has 0 atom stereocenters. The monoisotopic (exact) mass is 364 g/mol. The highest BCUT2D eigenvalue weighted by Gasteiger charge is 2.41. The lowest BCUT2D eigenvalue weighted by Gasteiger charge is -2.34. The molecule has 0 nitrogen and oxygen atoms in total. The fourth-order valence-electron chi connectivity index (χ4n) is 4.26. The van der Waals surface area contributed by atoms with Gasteiger partial charge in [0, 0.05) is 0 Å². The van der Waals surface area contributed by atoms with Crippen molar-refractivity contribution in [3.8, 4) is 0 Å². The van der Waals surface area contributed by atoms with Crippen LogP contribution in [0.2, 0.25) is 0 Å². The predicted octanol–water partition coefficient (Wildman–Crippen LogP) is 3.68. The van der Waals surface area contributed by atoms with Gasteiger partial charge in [0.05, 0.1) is 0 Å². The van der Waals surface area contributed by atoms with E-state index in [-0.39, 0.29) is 0 Å². The minimum absolute atomic E-state index is 1.32. The average molecular weight is 365 g/mol. The average Bonchev–Trinajstić information content (AvgIpc) is 2.70. The van der Waals surface area contributed by atoms with E-state index in [0.717, 1.165) is 0 Å². The maximum atomic E-state index is 2.40. The quantitative estimate of drug-likeness (QED) is 0.383. The van der Waals surface area contributed by atoms with Gasteiger partial charge in [-0.15, -0.1) is 0 Å². The molecule has 27 heavy (non-hydrogen) atoms. The Labute approximate surface area is 163 Å². The van der Waals surface area contributed by atoms with Crippen LogP contribution in [0.3, 0.4) is 0 Å². The van der Waals surface area contributed by atoms with Gasteiger partial charge in [0.2, 0.25) is 0 Å². The molecule has 0 aliphatic rings. The molecule has 4 aromatic rings. The molecule has 0 bridgehead atoms. The Balaban J connectivity index is 2.16. The molecule has 0 fully saturated rings. The molecule has 0 radical (unpaired) electrons. The third-order valence-corrected chi connectivity index (χ3v) is 10.0. The van der Waals surface area contributed by atoms with Gasteiger partial charge in [-0.05, 0) is 34.6 Å². The Hall–Kier alpha value is -2.90. The minimum Gasteiger partial charge on any atom is -0.0623 e. The highest BCUT2D eigenvalue weighted by Crippen LogP contribution is 2.12. The number of rotatable bonds is 4. The number of hydrogen-bond donors (Lipinski definition) is 0. The molecule has 4 rings (SSSR count). The van der Waals surface area contributed by atoms with Crippen LogP contribution in [-0.2, 0) is 0 Å². The molecule has 132 valence electrons. The van der Waals surface area contributed by atoms with E-state index in [4.69, 9.17) is 0 Å². The van der Waals surface area contributed by atoms with Gasteiger partial charge < -0.3 is 0 Å². The van der Waals surface area contributed by atoms with Crippen molar-refractivity contribution in [1.29, 1.82) is 0 Å². The van der Waals surface area contributed by atoms with Crippen molar-refractivity contribution in [1.82, 2.24) is 0 Å². The second-order valence-corrected chi connectivity index (χ2v) is 11.0. The number of hydrogen-bond acceptors (Lipinski definition) is 0. The fraction of sp³-hybridized carbons (Fsp3) is 0.0769. The van der Waals surface area contributed by atoms with E-state index < -0.39 is 8.07 Å². The summed E-state index contributed by atoms with van der Waals surface area (Å²) in [5.74, 6) is 0. The van der Waals surface area contributed by atoms with Crippen molar-refractivity contribution in [2.24, 2.45) is 0 Å². The standard InChI is InChI=1S/C26H24Si/c1-21-18-22(2)20-26(19-21)27(23-12-6-3-7-13-23,24-14-8-4-9-15-24)25-16-10-5-11-17-25/h3-20H,1-2H3. The van der Waals surface area contributed by atoms with Crippen LogP contribution >= 0.6 is 0 Å². The summed E-state index contributed by atoms with van der Waals surface area (Å²) in [6.07, 6.45) is 0. The Morgan fingerprint density at radius 2 is 0.741 bits per heavy atom. The fourth-order valence-corrected chi connectivity index (χ4v) is 9.22. The number of aryl methyl sites for hydroxylation is 2. The van der Waals surface area contributed by atoms with Gasteiger partial charge >= 0.3 is 0 Å². The smallest absolute Gasteiger partial charge is 0.0623 e. The molecule has 0 saturated heterocycles. The van der Waals surface area contributed by atoms with Gasteiger partial charge in [-0.3, -0.25) is 0 Å². The molecule has 0 heterocycles. The second-order valence-electron chi connectivity index (χ2n) is 7.22. The van der Waals surface area contributed by atoms with Crippen LogP contribution in [-0.4, -0.2) is 8.07 Å². The van der Waals surface area contributed by atoms with Crippen LogP contribution in [0.15, 0.2) is 109 Å². The maximum absolute atomic E-state index is 2.40. The second kappa shape index (κ2) is 7.38. The first kappa shape index (κ1) is 17.5. The summed E-state index contributed by atoms with van der Waals surface area (Å²) in [7, 11) is -2.36. The van der Waals surface area contributed by atoms with Crippen LogP contribution in [0.25, 0.3) is 0 Å². The summed E-state index contributed by atoms with van der Waals surface area (Å²) in [5.41, 5.74) is 2.65. The van der Waals surface area contributed by atoms with Crippen molar-refractivity contribution in [3.05, 3.63) is 120 Å². The number of benzene rings is 4. The molecule has 1 heteroatoms. The highest BCUT2D eigenvalue weighted by atomic mass is 28.3. The lowest BCUT2D eigenvalue weighted by atomic mass is 10.2. The molecular weight excluding hydrogens is 340 g/mol. The molecule has 4 aromatic carbocycles. The van der Waals surface area contributed by atoms with Crippen molar-refractivity contribution in [2.45, 2.75) is 13.8 Å². The van der Waals surface area contributed by atoms with Gasteiger partial charge in [0.15, 0.2) is 8.07 Å². The summed E-state index contributed by atoms with van der Waals surface area (Å²) in [4.78, 5) is 0. The van der Waals surface area contributed by atoms with Crippen LogP contribution < -0.4 is 20.7 Å². The van der Waals surface area contributed by atoms with E-state index >= 15 is 0 Å². The van der Waals surface area contributed by atoms with Crippen LogP contribution in [0, 0.1) is 13.8 Å². The predicted molar refractivity (Wildman–Crippen MR) is 120 cm³/mol. The Bertz CT molecular complexity index is 905. The summed E-state index contributed by atoms with van der Waals surface area (Å²) in [5, 5.41) is 5.72. The van der Waals surface area contributed by atoms with Crippen molar-refractivity contribution < 1.29 is 0 Å². The van der Waals surface area contributed by atoms with Crippen molar-refractivity contribution in [3.63, 3.8) is 0 Å². The summed E-state index contributed by atoms with van der Waals surface area (Å²) >= 11 is 0. The van der Waals surface area contributed by atoms with Gasteiger partial charge in [-0.1, -0.05) is 120 Å². The molecular formula is C26H24Si. The van der Waals surface area contributed by atoms with E-state index in [1.807, 2.05) is 0 Å². The third kappa shape index (κ3) is 3.15. The molecule has 0 amide bonds. The van der Waals surface area contributed by atoms with E-state index in [2.05, 4.69) is 123 Å². The summed E-state index contributed by atoms with van der Waals surface area (Å²) < 4.78 is 0. The first-order valence-corrected chi connectivity index (χ1v) is 11.5. The van der Waals surface area contributed by atoms with Gasteiger partial charge in [0.25, 0.3) is 0 Å². The lowest BCUT2D eigenvalue weighted by Crippen LogP contribution is -2.74. The van der Waals surface area contributed by atoms with Crippen molar-refractivity contribution in [2.75, 3.05) is 0 Å². The Morgan fingerprint density at radius 3 is 1.07 bits per heavy atom. The largest absolute Gasteiger partial charge is 0.179 e. The van der Waals surface area contributed by atoms with Crippen LogP contribution in [0.1, 0.15) is 11.1 Å². The molecule has 0 aliphatic heterocycles. The Kier molecular flexibility index (Phi) is 4.78. The molecule has 0 N–H and O–H groups in total. The van der Waals surface area contributed by atoms with E-state index in [9.17, 15) is 0 Å². The Morgan fingerprint density at radius 1 is 0.407 bits per heavy atom. The molecule has 0 spiro atoms. The topological polar surface area (TPSA) is 0 Å². The van der Waals surface area contributed by atoms with Gasteiger partial charge in [0.1, 0.15) is 0 Å². The third-order valence-electron chi connectivity index (χ3n) is 5.28. The lowest BCUT2D eigenvalue weighted by molar-refractivity contribution is 1.40. The van der Waals surface area contributed by atoms with E-state index in [1.54, 1.807) is 0 Å². The van der Waals surface area contributed by atoms with Crippen LogP contribution in [0.4, 0.5) is 0 Å². The summed E-state index contributed by atoms with van der Waals surface area (Å²) in [6, 6.07) is 40.3. The van der Waals surface area contributed by atoms with Gasteiger partial charge in [-0.2, -0.15) is 0 Å². The minimum atomic E-state index is -2.36.